The quantitative estimate of drug-likeness (QED) is 0.355. The smallest absolute Gasteiger partial charge is 0.227 e. The van der Waals surface area contributed by atoms with Gasteiger partial charge in [0, 0.05) is 11.1 Å². The van der Waals surface area contributed by atoms with Crippen molar-refractivity contribution in [1.29, 1.82) is 0 Å². The molecule has 5 nitrogen and oxygen atoms in total. The van der Waals surface area contributed by atoms with Crippen LogP contribution in [0.2, 0.25) is 0 Å². The summed E-state index contributed by atoms with van der Waals surface area (Å²) in [6.07, 6.45) is 1.55. The van der Waals surface area contributed by atoms with E-state index in [1.807, 2.05) is 23.1 Å². The molecule has 0 unspecified atom stereocenters. The Morgan fingerprint density at radius 3 is 2.38 bits per heavy atom. The molecule has 0 saturated carbocycles. The first-order valence-electron chi connectivity index (χ1n) is 11.1. The average Bonchev–Trinajstić information content (AvgIpc) is 3.27. The molecular formula is C27H23FN4OS. The summed E-state index contributed by atoms with van der Waals surface area (Å²) in [6.45, 7) is 4.15. The zero-order chi connectivity index (χ0) is 23.4. The molecular weight excluding hydrogens is 447 g/mol. The maximum Gasteiger partial charge on any atom is 0.227 e. The second-order valence-corrected chi connectivity index (χ2v) is 9.46. The Morgan fingerprint density at radius 1 is 0.941 bits per heavy atom. The Morgan fingerprint density at radius 2 is 1.65 bits per heavy atom. The predicted octanol–water partition coefficient (Wildman–Crippen LogP) is 6.32. The Kier molecular flexibility index (Phi) is 4.95. The lowest BCUT2D eigenvalue weighted by Crippen LogP contribution is -2.32. The number of halogens is 1. The minimum absolute atomic E-state index is 0.232. The van der Waals surface area contributed by atoms with Gasteiger partial charge in [0.1, 0.15) is 23.7 Å². The summed E-state index contributed by atoms with van der Waals surface area (Å²) in [5, 5.41) is 9.07. The summed E-state index contributed by atoms with van der Waals surface area (Å²) < 4.78 is 22.4. The average molecular weight is 471 g/mol. The molecule has 3 aromatic carbocycles. The van der Waals surface area contributed by atoms with Crippen molar-refractivity contribution in [1.82, 2.24) is 14.8 Å². The van der Waals surface area contributed by atoms with Crippen molar-refractivity contribution in [3.63, 3.8) is 0 Å². The molecule has 7 heteroatoms. The molecule has 4 aromatic rings. The fraction of sp³-hybridized carbons (Fsp3) is 0.185. The van der Waals surface area contributed by atoms with Gasteiger partial charge in [-0.3, -0.25) is 0 Å². The van der Waals surface area contributed by atoms with Gasteiger partial charge in [0.25, 0.3) is 0 Å². The van der Waals surface area contributed by atoms with E-state index < -0.39 is 6.10 Å². The van der Waals surface area contributed by atoms with E-state index >= 15 is 0 Å². The molecule has 0 bridgehead atoms. The molecule has 0 radical (unpaired) electrons. The minimum Gasteiger partial charge on any atom is -0.480 e. The Bertz CT molecular complexity index is 1430. The number of ether oxygens (including phenoxy) is 1. The summed E-state index contributed by atoms with van der Waals surface area (Å²) in [6, 6.07) is 21.0. The molecule has 0 spiro atoms. The maximum absolute atomic E-state index is 13.8. The normalized spacial score (nSPS) is 18.5. The van der Waals surface area contributed by atoms with Crippen molar-refractivity contribution in [2.45, 2.75) is 31.1 Å². The molecule has 0 fully saturated rings. The number of benzene rings is 3. The highest BCUT2D eigenvalue weighted by Gasteiger charge is 2.41. The minimum atomic E-state index is -0.417. The fourth-order valence-corrected chi connectivity index (χ4v) is 5.04. The van der Waals surface area contributed by atoms with E-state index in [0.29, 0.717) is 11.1 Å². The second-order valence-electron chi connectivity index (χ2n) is 8.68. The van der Waals surface area contributed by atoms with Crippen molar-refractivity contribution < 1.29 is 9.13 Å². The first-order chi connectivity index (χ1) is 16.5. The van der Waals surface area contributed by atoms with Crippen LogP contribution < -0.4 is 10.1 Å². The second kappa shape index (κ2) is 8.02. The molecule has 0 saturated heterocycles. The highest BCUT2D eigenvalue weighted by atomic mass is 32.2. The number of hydrogen-bond acceptors (Lipinski definition) is 5. The number of aryl methyl sites for hydroxylation is 2. The first kappa shape index (κ1) is 21.0. The summed E-state index contributed by atoms with van der Waals surface area (Å²) in [4.78, 5) is 4.74. The summed E-state index contributed by atoms with van der Waals surface area (Å²) in [5.41, 5.74) is 7.28. The maximum atomic E-state index is 13.8. The standard InChI is InChI=1S/C27H23FN4OS/c1-15-4-7-17(8-5-15)24-22-23(29-26-30-27(34-3)31-32(24)26)20-14-16(2)6-13-21(20)33-25(22)18-9-11-19(28)12-10-18/h4-14,24-25H,1-3H3,(H,29,30,31)/t24-,25-/m0/s1. The Hall–Kier alpha value is -3.58. The number of anilines is 1. The summed E-state index contributed by atoms with van der Waals surface area (Å²) in [5.74, 6) is 1.21. The van der Waals surface area contributed by atoms with Crippen LogP contribution in [-0.4, -0.2) is 21.0 Å². The third-order valence-corrected chi connectivity index (χ3v) is 6.89. The van der Waals surface area contributed by atoms with E-state index in [1.165, 1.54) is 29.5 Å². The van der Waals surface area contributed by atoms with Crippen LogP contribution in [0.4, 0.5) is 10.3 Å². The van der Waals surface area contributed by atoms with Crippen LogP contribution in [0.5, 0.6) is 5.75 Å². The molecule has 170 valence electrons. The van der Waals surface area contributed by atoms with Crippen molar-refractivity contribution in [2.24, 2.45) is 0 Å². The van der Waals surface area contributed by atoms with Crippen LogP contribution in [0, 0.1) is 19.7 Å². The van der Waals surface area contributed by atoms with Gasteiger partial charge in [0.05, 0.1) is 5.70 Å². The number of hydrogen-bond donors (Lipinski definition) is 1. The van der Waals surface area contributed by atoms with Crippen LogP contribution >= 0.6 is 11.8 Å². The van der Waals surface area contributed by atoms with Crippen molar-refractivity contribution >= 4 is 23.4 Å². The van der Waals surface area contributed by atoms with Gasteiger partial charge in [-0.1, -0.05) is 65.4 Å². The zero-order valence-corrected chi connectivity index (χ0v) is 19.9. The molecule has 3 heterocycles. The van der Waals surface area contributed by atoms with Gasteiger partial charge >= 0.3 is 0 Å². The predicted molar refractivity (Wildman–Crippen MR) is 133 cm³/mol. The number of aromatic nitrogens is 3. The van der Waals surface area contributed by atoms with Gasteiger partial charge in [-0.05, 0) is 55.5 Å². The molecule has 0 amide bonds. The molecule has 1 aromatic heterocycles. The highest BCUT2D eigenvalue weighted by molar-refractivity contribution is 7.98. The molecule has 2 atom stereocenters. The zero-order valence-electron chi connectivity index (χ0n) is 19.0. The van der Waals surface area contributed by atoms with Crippen LogP contribution in [0.1, 0.15) is 40.0 Å². The lowest BCUT2D eigenvalue weighted by molar-refractivity contribution is 0.222. The third kappa shape index (κ3) is 3.39. The van der Waals surface area contributed by atoms with E-state index in [2.05, 4.69) is 49.5 Å². The van der Waals surface area contributed by atoms with E-state index in [4.69, 9.17) is 14.8 Å². The number of thioether (sulfide) groups is 1. The molecule has 0 aliphatic carbocycles. The number of nitrogens with zero attached hydrogens (tertiary/aromatic N) is 3. The van der Waals surface area contributed by atoms with Gasteiger partial charge in [0.2, 0.25) is 11.1 Å². The van der Waals surface area contributed by atoms with Crippen molar-refractivity contribution in [3.05, 3.63) is 106 Å². The summed E-state index contributed by atoms with van der Waals surface area (Å²) >= 11 is 1.51. The van der Waals surface area contributed by atoms with Crippen LogP contribution in [0.15, 0.2) is 77.5 Å². The molecule has 2 aliphatic rings. The topological polar surface area (TPSA) is 52.0 Å². The summed E-state index contributed by atoms with van der Waals surface area (Å²) in [7, 11) is 0. The Balaban J connectivity index is 1.63. The monoisotopic (exact) mass is 470 g/mol. The molecule has 2 aliphatic heterocycles. The highest BCUT2D eigenvalue weighted by Crippen LogP contribution is 2.51. The van der Waals surface area contributed by atoms with Crippen molar-refractivity contribution in [2.75, 3.05) is 11.6 Å². The number of rotatable bonds is 3. The van der Waals surface area contributed by atoms with E-state index in [9.17, 15) is 4.39 Å². The van der Waals surface area contributed by atoms with Gasteiger partial charge < -0.3 is 10.1 Å². The molecule has 6 rings (SSSR count). The van der Waals surface area contributed by atoms with E-state index in [0.717, 1.165) is 39.3 Å². The largest absolute Gasteiger partial charge is 0.480 e. The van der Waals surface area contributed by atoms with Gasteiger partial charge in [-0.2, -0.15) is 4.98 Å². The SMILES string of the molecule is CSc1nc2n(n1)[C@@H](c1ccc(C)cc1)C1=C(N2)c2cc(C)ccc2O[C@H]1c1ccc(F)cc1. The molecule has 34 heavy (non-hydrogen) atoms. The Labute approximate surface area is 201 Å². The number of nitrogens with one attached hydrogen (secondary N) is 1. The van der Waals surface area contributed by atoms with Gasteiger partial charge in [-0.15, -0.1) is 5.10 Å². The fourth-order valence-electron chi connectivity index (χ4n) is 4.69. The van der Waals surface area contributed by atoms with Gasteiger partial charge in [-0.25, -0.2) is 9.07 Å². The lowest BCUT2D eigenvalue weighted by Gasteiger charge is -2.39. The number of fused-ring (bicyclic) bond motifs is 3. The van der Waals surface area contributed by atoms with Crippen LogP contribution in [0.3, 0.4) is 0 Å². The van der Waals surface area contributed by atoms with Gasteiger partial charge in [0.15, 0.2) is 0 Å². The third-order valence-electron chi connectivity index (χ3n) is 6.36. The van der Waals surface area contributed by atoms with Crippen LogP contribution in [-0.2, 0) is 0 Å². The lowest BCUT2D eigenvalue weighted by atomic mass is 9.84. The van der Waals surface area contributed by atoms with E-state index in [-0.39, 0.29) is 11.9 Å². The molecule has 1 N–H and O–H groups in total. The van der Waals surface area contributed by atoms with Crippen molar-refractivity contribution in [3.8, 4) is 5.75 Å². The first-order valence-corrected chi connectivity index (χ1v) is 12.4. The van der Waals surface area contributed by atoms with Crippen LogP contribution in [0.25, 0.3) is 5.70 Å². The van der Waals surface area contributed by atoms with E-state index in [1.54, 1.807) is 12.1 Å².